The number of hydrogen-bond acceptors (Lipinski definition) is 16. The number of esters is 1. The summed E-state index contributed by atoms with van der Waals surface area (Å²) >= 11 is 2.61. The number of alkyl halides is 1. The lowest BCUT2D eigenvalue weighted by atomic mass is 9.43. The second kappa shape index (κ2) is 16.6. The number of carboxylic acids is 1. The summed E-state index contributed by atoms with van der Waals surface area (Å²) in [5.41, 5.74) is 0.0886. The van der Waals surface area contributed by atoms with Crippen LogP contribution in [0, 0.1) is 40.4 Å². The Labute approximate surface area is 301 Å². The van der Waals surface area contributed by atoms with Crippen molar-refractivity contribution in [1.29, 1.82) is 0 Å². The molecule has 4 saturated carbocycles. The Kier molecular flexibility index (Phi) is 13.4. The fraction of sp³-hybridized carbons (Fsp3) is 0.867. The zero-order valence-corrected chi connectivity index (χ0v) is 30.8. The third kappa shape index (κ3) is 7.72. The molecule has 5 aliphatic rings. The van der Waals surface area contributed by atoms with Crippen molar-refractivity contribution in [2.24, 2.45) is 40.4 Å². The maximum atomic E-state index is 13.1. The minimum Gasteiger partial charge on any atom is -0.481 e. The Bertz CT molecular complexity index is 1150. The van der Waals surface area contributed by atoms with Crippen LogP contribution in [0.5, 0.6) is 0 Å². The highest BCUT2D eigenvalue weighted by Gasteiger charge is 2.67. The Balaban J connectivity index is 1.46. The van der Waals surface area contributed by atoms with Crippen molar-refractivity contribution in [2.45, 2.75) is 115 Å². The minimum atomic E-state index is -1.27. The summed E-state index contributed by atoms with van der Waals surface area (Å²) in [6, 6.07) is 0. The number of rotatable bonds is 15. The summed E-state index contributed by atoms with van der Waals surface area (Å²) in [6.45, 7) is 10.1. The SMILES string of the molecule is C=C1C2CCC3C4(C)CC(O[C@@H]5O[C@H](C[125I])[C@@H](OSOOO)[C@@H](OSOOO)C5OC(=O)CC(C)C)CC(C(=O)O)C4CCC3(C2)[C@H]1O. The van der Waals surface area contributed by atoms with E-state index < -0.39 is 66.2 Å². The summed E-state index contributed by atoms with van der Waals surface area (Å²) < 4.78 is 39.6. The second-order valence-electron chi connectivity index (χ2n) is 14.3. The molecule has 2 bridgehead atoms. The van der Waals surface area contributed by atoms with Crippen molar-refractivity contribution in [3.63, 3.8) is 0 Å². The molecule has 15 nitrogen and oxygen atoms in total. The number of carboxylic acid groups (broad SMARTS) is 1. The zero-order chi connectivity index (χ0) is 34.8. The second-order valence-corrected chi connectivity index (χ2v) is 16.1. The molecule has 0 aromatic heterocycles. The van der Waals surface area contributed by atoms with E-state index in [4.69, 9.17) is 33.1 Å². The summed E-state index contributed by atoms with van der Waals surface area (Å²) in [4.78, 5) is 25.9. The first kappa shape index (κ1) is 38.9. The number of carbonyl (C=O) groups is 2. The molecule has 0 amide bonds. The van der Waals surface area contributed by atoms with Crippen LogP contribution in [0.3, 0.4) is 0 Å². The monoisotopic (exact) mass is 834 g/mol. The molecule has 4 N–H and O–H groups in total. The smallest absolute Gasteiger partial charge is 0.306 e. The number of fused-ring (bicyclic) bond motifs is 3. The van der Waals surface area contributed by atoms with Crippen LogP contribution in [0.2, 0.25) is 0 Å². The molecule has 48 heavy (non-hydrogen) atoms. The lowest BCUT2D eigenvalue weighted by molar-refractivity contribution is -0.436. The van der Waals surface area contributed by atoms with E-state index in [1.807, 2.05) is 13.8 Å². The van der Waals surface area contributed by atoms with E-state index in [2.05, 4.69) is 54.8 Å². The van der Waals surface area contributed by atoms with Crippen LogP contribution in [0.15, 0.2) is 12.2 Å². The molecular weight excluding hydrogens is 789 g/mol. The van der Waals surface area contributed by atoms with Gasteiger partial charge in [-0.25, -0.2) is 10.5 Å². The predicted molar refractivity (Wildman–Crippen MR) is 176 cm³/mol. The van der Waals surface area contributed by atoms with Crippen molar-refractivity contribution in [2.75, 3.05) is 4.43 Å². The molecule has 1 heterocycles. The minimum absolute atomic E-state index is 0.0386. The van der Waals surface area contributed by atoms with Crippen LogP contribution in [-0.2, 0) is 50.9 Å². The summed E-state index contributed by atoms with van der Waals surface area (Å²) in [7, 11) is 0. The molecule has 5 rings (SSSR count). The molecule has 0 aromatic carbocycles. The van der Waals surface area contributed by atoms with Crippen molar-refractivity contribution in [3.05, 3.63) is 12.2 Å². The lowest BCUT2D eigenvalue weighted by Gasteiger charge is -2.62. The van der Waals surface area contributed by atoms with Gasteiger partial charge in [-0.3, -0.25) is 18.0 Å². The van der Waals surface area contributed by atoms with E-state index in [0.717, 1.165) is 31.3 Å². The zero-order valence-electron chi connectivity index (χ0n) is 27.0. The van der Waals surface area contributed by atoms with Crippen LogP contribution in [0.1, 0.15) is 72.1 Å². The van der Waals surface area contributed by atoms with Gasteiger partial charge in [0.2, 0.25) is 0 Å². The van der Waals surface area contributed by atoms with Crippen LogP contribution < -0.4 is 0 Å². The van der Waals surface area contributed by atoms with E-state index >= 15 is 0 Å². The van der Waals surface area contributed by atoms with Gasteiger partial charge in [0.05, 0.1) is 18.1 Å². The average molecular weight is 835 g/mol. The molecule has 5 fully saturated rings. The standard InChI is InChI=1S/C30H45IO15S2/c1-14(2)9-22(32)40-25-24(42-48-46-44-37)23(41-47-45-43-36)20(13-31)39-28(25)38-17-10-18(27(34)35)19-7-8-30-11-16(15(3)26(30)33)5-6-21(30)29(19,4)12-17/h14,16-21,23-26,28,33,36-37H,3,5-13H2,1-2,4H3,(H,34,35)/t16?,17?,18?,19?,20-,21?,23-,24-,25?,26+,28-,29?,30?/m1/s1/i31-2. The number of carbonyl (C=O) groups excluding carboxylic acids is 1. The summed E-state index contributed by atoms with van der Waals surface area (Å²) in [6.07, 6.45) is -1.81. The number of halogens is 1. The number of ether oxygens (including phenoxy) is 3. The van der Waals surface area contributed by atoms with Crippen molar-refractivity contribution in [3.8, 4) is 0 Å². The van der Waals surface area contributed by atoms with Crippen LogP contribution in [0.25, 0.3) is 0 Å². The normalized spacial score (nSPS) is 42.3. The highest BCUT2D eigenvalue weighted by atomic mass is 125. The van der Waals surface area contributed by atoms with E-state index in [-0.39, 0.29) is 66.6 Å². The summed E-state index contributed by atoms with van der Waals surface area (Å²) in [5.74, 6) is -1.96. The van der Waals surface area contributed by atoms with Gasteiger partial charge in [0.15, 0.2) is 37.0 Å². The molecule has 274 valence electrons. The lowest BCUT2D eigenvalue weighted by Crippen LogP contribution is -2.63. The fourth-order valence-corrected chi connectivity index (χ4v) is 11.1. The first-order valence-electron chi connectivity index (χ1n) is 16.2. The highest BCUT2D eigenvalue weighted by molar-refractivity contribution is 14.1. The van der Waals surface area contributed by atoms with Gasteiger partial charge in [0.25, 0.3) is 0 Å². The molecule has 8 unspecified atom stereocenters. The number of hydrogen-bond donors (Lipinski definition) is 4. The molecule has 4 aliphatic carbocycles. The topological polar surface area (TPSA) is 198 Å². The van der Waals surface area contributed by atoms with Gasteiger partial charge in [-0.1, -0.05) is 60.0 Å². The first-order valence-corrected chi connectivity index (χ1v) is 19.0. The first-order chi connectivity index (χ1) is 22.9. The third-order valence-electron chi connectivity index (χ3n) is 11.4. The molecule has 18 heteroatoms. The Morgan fingerprint density at radius 1 is 1.06 bits per heavy atom. The summed E-state index contributed by atoms with van der Waals surface area (Å²) in [5, 5.41) is 46.7. The van der Waals surface area contributed by atoms with E-state index in [1.165, 1.54) is 0 Å². The van der Waals surface area contributed by atoms with E-state index in [0.29, 0.717) is 17.3 Å². The maximum Gasteiger partial charge on any atom is 0.306 e. The van der Waals surface area contributed by atoms with E-state index in [1.54, 1.807) is 0 Å². The average Bonchev–Trinajstić information content (AvgIpc) is 3.21. The van der Waals surface area contributed by atoms with Crippen molar-refractivity contribution in [1.82, 2.24) is 0 Å². The van der Waals surface area contributed by atoms with Crippen molar-refractivity contribution < 1.29 is 71.6 Å². The van der Waals surface area contributed by atoms with Gasteiger partial charge >= 0.3 is 11.9 Å². The van der Waals surface area contributed by atoms with Crippen LogP contribution in [0.4, 0.5) is 0 Å². The Hall–Kier alpha value is -0.330. The Morgan fingerprint density at radius 2 is 1.75 bits per heavy atom. The number of aliphatic hydroxyl groups is 1. The van der Waals surface area contributed by atoms with Gasteiger partial charge in [0, 0.05) is 16.3 Å². The number of aliphatic carboxylic acids is 1. The van der Waals surface area contributed by atoms with Gasteiger partial charge in [-0.15, -0.1) is 8.67 Å². The molecular formula is C30H45IO15S2. The quantitative estimate of drug-likeness (QED) is 0.0186. The largest absolute Gasteiger partial charge is 0.481 e. The number of aliphatic hydroxyl groups excluding tert-OH is 1. The molecule has 1 aliphatic heterocycles. The van der Waals surface area contributed by atoms with Gasteiger partial charge in [-0.2, -0.15) is 0 Å². The molecule has 0 radical (unpaired) electrons. The highest BCUT2D eigenvalue weighted by Crippen LogP contribution is 2.70. The Morgan fingerprint density at radius 3 is 2.38 bits per heavy atom. The molecule has 1 saturated heterocycles. The van der Waals surface area contributed by atoms with E-state index in [9.17, 15) is 19.8 Å². The van der Waals surface area contributed by atoms with Gasteiger partial charge in [-0.05, 0) is 79.6 Å². The third-order valence-corrected chi connectivity index (χ3v) is 13.1. The molecule has 1 spiro atoms. The van der Waals surface area contributed by atoms with Crippen LogP contribution in [-0.4, -0.2) is 80.0 Å². The van der Waals surface area contributed by atoms with Gasteiger partial charge in [0.1, 0.15) is 18.3 Å². The van der Waals surface area contributed by atoms with Gasteiger partial charge < -0.3 is 24.4 Å². The molecule has 13 atom stereocenters. The predicted octanol–water partition coefficient (Wildman–Crippen LogP) is 5.47. The fourth-order valence-electron chi connectivity index (χ4n) is 9.67. The van der Waals surface area contributed by atoms with Crippen LogP contribution >= 0.6 is 47.2 Å². The maximum absolute atomic E-state index is 13.1. The molecule has 0 aromatic rings. The van der Waals surface area contributed by atoms with Crippen molar-refractivity contribution >= 4 is 59.2 Å².